The number of hydrogen-bond donors (Lipinski definition) is 1. The minimum Gasteiger partial charge on any atom is -0.329 e. The molecule has 1 heterocycles. The molecule has 3 aliphatic rings. The van der Waals surface area contributed by atoms with Gasteiger partial charge >= 0.3 is 0 Å². The maximum Gasteiger partial charge on any atom is 0.0333 e. The lowest BCUT2D eigenvalue weighted by Crippen LogP contribution is -2.60. The molecule has 21 heavy (non-hydrogen) atoms. The molecular weight excluding hydrogens is 258 g/mol. The van der Waals surface area contributed by atoms with Crippen molar-refractivity contribution in [2.24, 2.45) is 17.1 Å². The Hall–Kier alpha value is -0.120. The van der Waals surface area contributed by atoms with Crippen molar-refractivity contribution in [2.75, 3.05) is 39.3 Å². The minimum absolute atomic E-state index is 0.305. The van der Waals surface area contributed by atoms with Crippen molar-refractivity contribution in [2.45, 2.75) is 64.3 Å². The SMILES string of the molecule is CC1(C)CCCC(CN)(N2CCN(CC3CC3)CC2)CC1. The van der Waals surface area contributed by atoms with Gasteiger partial charge in [-0.25, -0.2) is 0 Å². The van der Waals surface area contributed by atoms with Crippen LogP contribution in [0.15, 0.2) is 0 Å². The molecule has 2 aliphatic carbocycles. The molecule has 2 N–H and O–H groups in total. The van der Waals surface area contributed by atoms with Gasteiger partial charge in [0.2, 0.25) is 0 Å². The Kier molecular flexibility index (Phi) is 4.63. The van der Waals surface area contributed by atoms with E-state index in [4.69, 9.17) is 5.73 Å². The van der Waals surface area contributed by atoms with Crippen LogP contribution in [0.1, 0.15) is 58.8 Å². The second kappa shape index (κ2) is 6.17. The smallest absolute Gasteiger partial charge is 0.0333 e. The Bertz CT molecular complexity index is 342. The summed E-state index contributed by atoms with van der Waals surface area (Å²) in [5, 5.41) is 0. The van der Waals surface area contributed by atoms with E-state index in [1.54, 1.807) is 0 Å². The summed E-state index contributed by atoms with van der Waals surface area (Å²) in [4.78, 5) is 5.46. The maximum atomic E-state index is 6.30. The van der Waals surface area contributed by atoms with Gasteiger partial charge in [0.25, 0.3) is 0 Å². The summed E-state index contributed by atoms with van der Waals surface area (Å²) in [6, 6.07) is 0. The van der Waals surface area contributed by atoms with Crippen LogP contribution in [0.2, 0.25) is 0 Å². The first-order valence-electron chi connectivity index (χ1n) is 9.21. The lowest BCUT2D eigenvalue weighted by atomic mass is 9.82. The summed E-state index contributed by atoms with van der Waals surface area (Å²) >= 11 is 0. The van der Waals surface area contributed by atoms with Crippen LogP contribution in [-0.4, -0.2) is 54.6 Å². The van der Waals surface area contributed by atoms with Crippen LogP contribution >= 0.6 is 0 Å². The molecule has 122 valence electrons. The van der Waals surface area contributed by atoms with E-state index in [-0.39, 0.29) is 0 Å². The van der Waals surface area contributed by atoms with Gasteiger partial charge in [0, 0.05) is 44.8 Å². The Morgan fingerprint density at radius 1 is 0.952 bits per heavy atom. The Labute approximate surface area is 131 Å². The minimum atomic E-state index is 0.305. The predicted octanol–water partition coefficient (Wildman–Crippen LogP) is 2.70. The summed E-state index contributed by atoms with van der Waals surface area (Å²) < 4.78 is 0. The molecule has 0 aromatic rings. The molecule has 0 bridgehead atoms. The van der Waals surface area contributed by atoms with Crippen LogP contribution in [0.3, 0.4) is 0 Å². The molecule has 0 spiro atoms. The second-order valence-electron chi connectivity index (χ2n) is 8.68. The molecule has 3 rings (SSSR count). The molecule has 2 saturated carbocycles. The van der Waals surface area contributed by atoms with Gasteiger partial charge in [0.15, 0.2) is 0 Å². The van der Waals surface area contributed by atoms with Crippen LogP contribution in [0.5, 0.6) is 0 Å². The van der Waals surface area contributed by atoms with Gasteiger partial charge in [-0.15, -0.1) is 0 Å². The number of rotatable bonds is 4. The summed E-state index contributed by atoms with van der Waals surface area (Å²) in [7, 11) is 0. The second-order valence-corrected chi connectivity index (χ2v) is 8.68. The highest BCUT2D eigenvalue weighted by Gasteiger charge is 2.40. The highest BCUT2D eigenvalue weighted by molar-refractivity contribution is 4.97. The number of hydrogen-bond acceptors (Lipinski definition) is 3. The van der Waals surface area contributed by atoms with Crippen molar-refractivity contribution in [3.05, 3.63) is 0 Å². The fourth-order valence-electron chi connectivity index (χ4n) is 4.44. The summed E-state index contributed by atoms with van der Waals surface area (Å²) in [5.41, 5.74) is 7.12. The lowest BCUT2D eigenvalue weighted by Gasteiger charge is -2.47. The molecule has 0 aromatic heterocycles. The van der Waals surface area contributed by atoms with E-state index in [0.29, 0.717) is 11.0 Å². The van der Waals surface area contributed by atoms with Crippen LogP contribution in [-0.2, 0) is 0 Å². The third kappa shape index (κ3) is 3.80. The maximum absolute atomic E-state index is 6.30. The zero-order chi connectivity index (χ0) is 14.9. The summed E-state index contributed by atoms with van der Waals surface area (Å²) in [6.45, 7) is 12.1. The van der Waals surface area contributed by atoms with E-state index >= 15 is 0 Å². The summed E-state index contributed by atoms with van der Waals surface area (Å²) in [5.74, 6) is 1.03. The third-order valence-electron chi connectivity index (χ3n) is 6.40. The number of nitrogens with two attached hydrogens (primary N) is 1. The number of nitrogens with zero attached hydrogens (tertiary/aromatic N) is 2. The van der Waals surface area contributed by atoms with Crippen LogP contribution in [0, 0.1) is 11.3 Å². The van der Waals surface area contributed by atoms with Crippen molar-refractivity contribution < 1.29 is 0 Å². The van der Waals surface area contributed by atoms with Crippen molar-refractivity contribution in [3.8, 4) is 0 Å². The normalized spacial score (nSPS) is 35.6. The Balaban J connectivity index is 1.58. The Morgan fingerprint density at radius 3 is 2.29 bits per heavy atom. The monoisotopic (exact) mass is 293 g/mol. The lowest BCUT2D eigenvalue weighted by molar-refractivity contribution is 0.0234. The average Bonchev–Trinajstić information content (AvgIpc) is 3.28. The van der Waals surface area contributed by atoms with Crippen molar-refractivity contribution in [3.63, 3.8) is 0 Å². The zero-order valence-corrected chi connectivity index (χ0v) is 14.2. The molecule has 1 atom stereocenters. The average molecular weight is 293 g/mol. The third-order valence-corrected chi connectivity index (χ3v) is 6.40. The van der Waals surface area contributed by atoms with Crippen molar-refractivity contribution >= 4 is 0 Å². The van der Waals surface area contributed by atoms with E-state index in [1.165, 1.54) is 77.7 Å². The molecule has 1 unspecified atom stereocenters. The molecule has 0 radical (unpaired) electrons. The van der Waals surface area contributed by atoms with E-state index < -0.39 is 0 Å². The number of piperazine rings is 1. The Morgan fingerprint density at radius 2 is 1.67 bits per heavy atom. The van der Waals surface area contributed by atoms with Crippen LogP contribution in [0.4, 0.5) is 0 Å². The molecule has 1 aliphatic heterocycles. The van der Waals surface area contributed by atoms with E-state index in [1.807, 2.05) is 0 Å². The predicted molar refractivity (Wildman–Crippen MR) is 89.4 cm³/mol. The summed E-state index contributed by atoms with van der Waals surface area (Å²) in [6.07, 6.45) is 9.63. The largest absolute Gasteiger partial charge is 0.329 e. The van der Waals surface area contributed by atoms with E-state index in [9.17, 15) is 0 Å². The van der Waals surface area contributed by atoms with Crippen molar-refractivity contribution in [1.29, 1.82) is 0 Å². The van der Waals surface area contributed by atoms with E-state index in [2.05, 4.69) is 23.6 Å². The topological polar surface area (TPSA) is 32.5 Å². The van der Waals surface area contributed by atoms with Gasteiger partial charge in [-0.3, -0.25) is 4.90 Å². The first-order chi connectivity index (χ1) is 10.0. The van der Waals surface area contributed by atoms with Gasteiger partial charge in [-0.05, 0) is 49.9 Å². The molecule has 0 amide bonds. The first kappa shape index (κ1) is 15.8. The fraction of sp³-hybridized carbons (Fsp3) is 1.00. The van der Waals surface area contributed by atoms with Gasteiger partial charge in [0.05, 0.1) is 0 Å². The highest BCUT2D eigenvalue weighted by atomic mass is 15.3. The molecule has 3 fully saturated rings. The molecule has 3 nitrogen and oxygen atoms in total. The molecule has 3 heteroatoms. The quantitative estimate of drug-likeness (QED) is 0.809. The highest BCUT2D eigenvalue weighted by Crippen LogP contribution is 2.40. The van der Waals surface area contributed by atoms with Crippen LogP contribution < -0.4 is 5.73 Å². The molecular formula is C18H35N3. The first-order valence-corrected chi connectivity index (χ1v) is 9.21. The molecule has 0 aromatic carbocycles. The van der Waals surface area contributed by atoms with Gasteiger partial charge in [0.1, 0.15) is 0 Å². The zero-order valence-electron chi connectivity index (χ0n) is 14.2. The van der Waals surface area contributed by atoms with Gasteiger partial charge in [-0.2, -0.15) is 0 Å². The standard InChI is InChI=1S/C18H35N3/c1-17(2)6-3-7-18(15-19,9-8-17)21-12-10-20(11-13-21)14-16-4-5-16/h16H,3-15,19H2,1-2H3. The molecule has 1 saturated heterocycles. The van der Waals surface area contributed by atoms with Crippen molar-refractivity contribution in [1.82, 2.24) is 9.80 Å². The van der Waals surface area contributed by atoms with Crippen LogP contribution in [0.25, 0.3) is 0 Å². The van der Waals surface area contributed by atoms with E-state index in [0.717, 1.165) is 12.5 Å². The van der Waals surface area contributed by atoms with Gasteiger partial charge in [-0.1, -0.05) is 20.3 Å². The fourth-order valence-corrected chi connectivity index (χ4v) is 4.44. The van der Waals surface area contributed by atoms with Gasteiger partial charge < -0.3 is 10.6 Å².